The van der Waals surface area contributed by atoms with Gasteiger partial charge in [0.05, 0.1) is 13.2 Å². The van der Waals surface area contributed by atoms with E-state index < -0.39 is 0 Å². The molecule has 1 amide bonds. The van der Waals surface area contributed by atoms with Crippen molar-refractivity contribution in [2.45, 2.75) is 44.9 Å². The first kappa shape index (κ1) is 18.7. The number of nitrogens with one attached hydrogen (secondary N) is 1. The van der Waals surface area contributed by atoms with Gasteiger partial charge in [-0.05, 0) is 58.8 Å². The summed E-state index contributed by atoms with van der Waals surface area (Å²) >= 11 is 0. The molecule has 0 radical (unpaired) electrons. The van der Waals surface area contributed by atoms with Gasteiger partial charge in [-0.1, -0.05) is 19.3 Å². The highest BCUT2D eigenvalue weighted by Gasteiger charge is 2.34. The van der Waals surface area contributed by atoms with Crippen LogP contribution in [0.3, 0.4) is 0 Å². The summed E-state index contributed by atoms with van der Waals surface area (Å²) in [6.45, 7) is 4.35. The number of aliphatic hydroxyl groups is 1. The molecule has 1 heterocycles. The lowest BCUT2D eigenvalue weighted by Gasteiger charge is -2.42. The Balaban J connectivity index is 1.67. The number of likely N-dealkylation sites (tertiary alicyclic amines) is 1. The highest BCUT2D eigenvalue weighted by atomic mass is 16.3. The van der Waals surface area contributed by atoms with Crippen molar-refractivity contribution in [3.63, 3.8) is 0 Å². The van der Waals surface area contributed by atoms with Crippen LogP contribution in [0.5, 0.6) is 0 Å². The second-order valence-corrected chi connectivity index (χ2v) is 7.98. The maximum Gasteiger partial charge on any atom is 0.234 e. The van der Waals surface area contributed by atoms with E-state index in [2.05, 4.69) is 29.2 Å². The molecular formula is C18H35N3O2. The van der Waals surface area contributed by atoms with Gasteiger partial charge in [0.15, 0.2) is 0 Å². The fourth-order valence-corrected chi connectivity index (χ4v) is 4.13. The molecule has 2 fully saturated rings. The average molecular weight is 325 g/mol. The Kier molecular flexibility index (Phi) is 7.31. The Morgan fingerprint density at radius 3 is 2.43 bits per heavy atom. The van der Waals surface area contributed by atoms with E-state index in [-0.39, 0.29) is 17.9 Å². The van der Waals surface area contributed by atoms with Gasteiger partial charge >= 0.3 is 0 Å². The first-order valence-electron chi connectivity index (χ1n) is 9.28. The number of carbonyl (C=O) groups is 1. The van der Waals surface area contributed by atoms with Gasteiger partial charge in [-0.25, -0.2) is 0 Å². The highest BCUT2D eigenvalue weighted by Crippen LogP contribution is 2.31. The molecule has 134 valence electrons. The number of hydrogen-bond acceptors (Lipinski definition) is 4. The largest absolute Gasteiger partial charge is 0.396 e. The molecular weight excluding hydrogens is 290 g/mol. The molecule has 2 rings (SSSR count). The maximum absolute atomic E-state index is 12.2. The summed E-state index contributed by atoms with van der Waals surface area (Å²) in [6, 6.07) is 0. The lowest BCUT2D eigenvalue weighted by Crippen LogP contribution is -2.49. The van der Waals surface area contributed by atoms with Crippen molar-refractivity contribution in [3.8, 4) is 0 Å². The van der Waals surface area contributed by atoms with Crippen LogP contribution in [0, 0.1) is 11.3 Å². The molecule has 2 N–H and O–H groups in total. The molecule has 1 saturated heterocycles. The van der Waals surface area contributed by atoms with Crippen LogP contribution in [0.4, 0.5) is 0 Å². The molecule has 0 aromatic heterocycles. The Hall–Kier alpha value is -0.650. The van der Waals surface area contributed by atoms with Gasteiger partial charge in [-0.3, -0.25) is 9.69 Å². The standard InChI is InChI=1S/C18H35N3O2/c1-20(2)14-18(15-22)8-10-21(11-9-18)13-17(23)19-12-16-6-4-3-5-7-16/h16,22H,3-15H2,1-2H3,(H,19,23). The van der Waals surface area contributed by atoms with Crippen LogP contribution in [0.2, 0.25) is 0 Å². The van der Waals surface area contributed by atoms with Gasteiger partial charge < -0.3 is 15.3 Å². The fraction of sp³-hybridized carbons (Fsp3) is 0.944. The van der Waals surface area contributed by atoms with Gasteiger partial charge in [0.1, 0.15) is 0 Å². The van der Waals surface area contributed by atoms with Gasteiger partial charge in [-0.2, -0.15) is 0 Å². The minimum absolute atomic E-state index is 0.0125. The highest BCUT2D eigenvalue weighted by molar-refractivity contribution is 5.78. The summed E-state index contributed by atoms with van der Waals surface area (Å²) in [5.41, 5.74) is 0.0125. The van der Waals surface area contributed by atoms with E-state index in [9.17, 15) is 9.90 Å². The van der Waals surface area contributed by atoms with Crippen molar-refractivity contribution in [2.75, 3.05) is 53.4 Å². The molecule has 0 unspecified atom stereocenters. The summed E-state index contributed by atoms with van der Waals surface area (Å²) in [7, 11) is 4.12. The first-order valence-corrected chi connectivity index (χ1v) is 9.28. The van der Waals surface area contributed by atoms with Crippen molar-refractivity contribution < 1.29 is 9.90 Å². The molecule has 2 aliphatic rings. The molecule has 0 bridgehead atoms. The third-order valence-corrected chi connectivity index (χ3v) is 5.58. The summed E-state index contributed by atoms with van der Waals surface area (Å²) < 4.78 is 0. The van der Waals surface area contributed by atoms with Gasteiger partial charge in [0.25, 0.3) is 0 Å². The SMILES string of the molecule is CN(C)CC1(CO)CCN(CC(=O)NCC2CCCCC2)CC1. The smallest absolute Gasteiger partial charge is 0.234 e. The van der Waals surface area contributed by atoms with E-state index in [1.165, 1.54) is 32.1 Å². The van der Waals surface area contributed by atoms with E-state index in [4.69, 9.17) is 0 Å². The van der Waals surface area contributed by atoms with E-state index >= 15 is 0 Å². The number of nitrogens with zero attached hydrogens (tertiary/aromatic N) is 2. The normalized spacial score (nSPS) is 23.1. The molecule has 1 aliphatic heterocycles. The van der Waals surface area contributed by atoms with E-state index in [0.717, 1.165) is 39.0 Å². The van der Waals surface area contributed by atoms with Crippen molar-refractivity contribution in [3.05, 3.63) is 0 Å². The van der Waals surface area contributed by atoms with Crippen molar-refractivity contribution in [1.29, 1.82) is 0 Å². The third kappa shape index (κ3) is 6.05. The molecule has 1 saturated carbocycles. The average Bonchev–Trinajstić information content (AvgIpc) is 2.55. The number of aliphatic hydroxyl groups excluding tert-OH is 1. The van der Waals surface area contributed by atoms with E-state index in [0.29, 0.717) is 12.5 Å². The minimum atomic E-state index is 0.0125. The van der Waals surface area contributed by atoms with E-state index in [1.807, 2.05) is 0 Å². The third-order valence-electron chi connectivity index (χ3n) is 5.58. The summed E-state index contributed by atoms with van der Waals surface area (Å²) in [4.78, 5) is 16.5. The monoisotopic (exact) mass is 325 g/mol. The number of carbonyl (C=O) groups excluding carboxylic acids is 1. The Morgan fingerprint density at radius 1 is 1.22 bits per heavy atom. The maximum atomic E-state index is 12.2. The molecule has 23 heavy (non-hydrogen) atoms. The molecule has 5 heteroatoms. The van der Waals surface area contributed by atoms with Gasteiger partial charge in [-0.15, -0.1) is 0 Å². The second kappa shape index (κ2) is 9.00. The lowest BCUT2D eigenvalue weighted by molar-refractivity contribution is -0.123. The van der Waals surface area contributed by atoms with Crippen molar-refractivity contribution in [2.24, 2.45) is 11.3 Å². The van der Waals surface area contributed by atoms with Crippen LogP contribution < -0.4 is 5.32 Å². The first-order chi connectivity index (χ1) is 11.0. The van der Waals surface area contributed by atoms with E-state index in [1.54, 1.807) is 0 Å². The second-order valence-electron chi connectivity index (χ2n) is 7.98. The lowest BCUT2D eigenvalue weighted by atomic mass is 9.78. The predicted octanol–water partition coefficient (Wildman–Crippen LogP) is 1.32. The molecule has 0 aromatic rings. The summed E-state index contributed by atoms with van der Waals surface area (Å²) in [6.07, 6.45) is 8.48. The Bertz CT molecular complexity index is 359. The predicted molar refractivity (Wildman–Crippen MR) is 93.3 cm³/mol. The molecule has 0 atom stereocenters. The minimum Gasteiger partial charge on any atom is -0.396 e. The van der Waals surface area contributed by atoms with Crippen LogP contribution in [0.15, 0.2) is 0 Å². The topological polar surface area (TPSA) is 55.8 Å². The van der Waals surface area contributed by atoms with Crippen LogP contribution in [-0.2, 0) is 4.79 Å². The zero-order valence-electron chi connectivity index (χ0n) is 15.0. The van der Waals surface area contributed by atoms with Crippen LogP contribution >= 0.6 is 0 Å². The molecule has 0 spiro atoms. The van der Waals surface area contributed by atoms with Crippen LogP contribution in [0.1, 0.15) is 44.9 Å². The van der Waals surface area contributed by atoms with Crippen molar-refractivity contribution in [1.82, 2.24) is 15.1 Å². The summed E-state index contributed by atoms with van der Waals surface area (Å²) in [5, 5.41) is 12.9. The number of hydrogen-bond donors (Lipinski definition) is 2. The quantitative estimate of drug-likeness (QED) is 0.741. The van der Waals surface area contributed by atoms with Crippen LogP contribution in [0.25, 0.3) is 0 Å². The number of rotatable bonds is 7. The molecule has 1 aliphatic carbocycles. The summed E-state index contributed by atoms with van der Waals surface area (Å²) in [5.74, 6) is 0.857. The number of amides is 1. The van der Waals surface area contributed by atoms with Crippen molar-refractivity contribution >= 4 is 5.91 Å². The van der Waals surface area contributed by atoms with Gasteiger partial charge in [0.2, 0.25) is 5.91 Å². The fourth-order valence-electron chi connectivity index (χ4n) is 4.13. The number of piperidine rings is 1. The zero-order valence-corrected chi connectivity index (χ0v) is 15.0. The Labute approximate surface area is 141 Å². The van der Waals surface area contributed by atoms with Crippen LogP contribution in [-0.4, -0.2) is 74.2 Å². The Morgan fingerprint density at radius 2 is 1.87 bits per heavy atom. The van der Waals surface area contributed by atoms with Gasteiger partial charge in [0, 0.05) is 18.5 Å². The molecule has 0 aromatic carbocycles. The molecule has 5 nitrogen and oxygen atoms in total. The zero-order chi connectivity index (χ0) is 16.7.